The minimum absolute atomic E-state index is 0. The SMILES string of the molecule is CCNC(=NCc1nccc2ccccc12)N1CCN(C(=O)OCC)CC1.I. The number of rotatable bonds is 4. The van der Waals surface area contributed by atoms with Crippen molar-refractivity contribution < 1.29 is 9.53 Å². The highest BCUT2D eigenvalue weighted by Gasteiger charge is 2.23. The fourth-order valence-electron chi connectivity index (χ4n) is 3.20. The molecule has 1 aromatic carbocycles. The zero-order valence-corrected chi connectivity index (χ0v) is 18.8. The van der Waals surface area contributed by atoms with E-state index in [4.69, 9.17) is 9.73 Å². The van der Waals surface area contributed by atoms with Crippen LogP contribution in [0.25, 0.3) is 10.8 Å². The first kappa shape index (κ1) is 22.2. The number of aromatic nitrogens is 1. The van der Waals surface area contributed by atoms with Crippen molar-refractivity contribution in [3.8, 4) is 0 Å². The molecule has 0 atom stereocenters. The molecule has 0 unspecified atom stereocenters. The van der Waals surface area contributed by atoms with Crippen LogP contribution in [0.5, 0.6) is 0 Å². The van der Waals surface area contributed by atoms with Gasteiger partial charge in [0, 0.05) is 44.3 Å². The van der Waals surface area contributed by atoms with E-state index in [1.807, 2.05) is 31.3 Å². The van der Waals surface area contributed by atoms with Gasteiger partial charge in [0.1, 0.15) is 0 Å². The number of carbonyl (C=O) groups excluding carboxylic acids is 1. The molecule has 28 heavy (non-hydrogen) atoms. The second-order valence-corrected chi connectivity index (χ2v) is 6.32. The average Bonchev–Trinajstić information content (AvgIpc) is 2.71. The summed E-state index contributed by atoms with van der Waals surface area (Å²) >= 11 is 0. The van der Waals surface area contributed by atoms with Gasteiger partial charge in [-0.25, -0.2) is 9.79 Å². The molecule has 0 saturated carbocycles. The number of benzene rings is 1. The van der Waals surface area contributed by atoms with E-state index in [-0.39, 0.29) is 30.1 Å². The number of ether oxygens (including phenoxy) is 1. The van der Waals surface area contributed by atoms with E-state index in [0.717, 1.165) is 36.7 Å². The van der Waals surface area contributed by atoms with Crippen molar-refractivity contribution in [1.29, 1.82) is 0 Å². The number of pyridine rings is 1. The van der Waals surface area contributed by atoms with Crippen molar-refractivity contribution in [2.45, 2.75) is 20.4 Å². The lowest BCUT2D eigenvalue weighted by Crippen LogP contribution is -2.53. The molecule has 0 spiro atoms. The predicted molar refractivity (Wildman–Crippen MR) is 122 cm³/mol. The maximum absolute atomic E-state index is 11.9. The number of aliphatic imine (C=N–C) groups is 1. The molecule has 8 heteroatoms. The van der Waals surface area contributed by atoms with Crippen LogP contribution in [0.4, 0.5) is 4.79 Å². The second-order valence-electron chi connectivity index (χ2n) is 6.32. The summed E-state index contributed by atoms with van der Waals surface area (Å²) in [6, 6.07) is 10.2. The zero-order chi connectivity index (χ0) is 19.1. The number of fused-ring (bicyclic) bond motifs is 1. The number of carbonyl (C=O) groups is 1. The average molecular weight is 497 g/mol. The first-order valence-corrected chi connectivity index (χ1v) is 9.50. The van der Waals surface area contributed by atoms with Crippen LogP contribution < -0.4 is 5.32 Å². The van der Waals surface area contributed by atoms with Crippen molar-refractivity contribution in [3.05, 3.63) is 42.2 Å². The maximum Gasteiger partial charge on any atom is 0.409 e. The molecule has 3 rings (SSSR count). The number of nitrogens with one attached hydrogen (secondary N) is 1. The molecule has 1 aliphatic heterocycles. The first-order chi connectivity index (χ1) is 13.2. The monoisotopic (exact) mass is 497 g/mol. The lowest BCUT2D eigenvalue weighted by molar-refractivity contribution is 0.0914. The highest BCUT2D eigenvalue weighted by Crippen LogP contribution is 2.17. The zero-order valence-electron chi connectivity index (χ0n) is 16.4. The Morgan fingerprint density at radius 2 is 1.86 bits per heavy atom. The molecule has 0 aliphatic carbocycles. The standard InChI is InChI=1S/C20H27N5O2.HI/c1-3-21-19(24-11-13-25(14-12-24)20(26)27-4-2)23-15-18-17-8-6-5-7-16(17)9-10-22-18;/h5-10H,3-4,11-15H2,1-2H3,(H,21,23);1H. The van der Waals surface area contributed by atoms with E-state index in [1.54, 1.807) is 4.90 Å². The molecule has 0 bridgehead atoms. The van der Waals surface area contributed by atoms with Gasteiger partial charge >= 0.3 is 6.09 Å². The van der Waals surface area contributed by atoms with Crippen molar-refractivity contribution in [2.75, 3.05) is 39.3 Å². The van der Waals surface area contributed by atoms with Gasteiger partial charge in [0.25, 0.3) is 0 Å². The van der Waals surface area contributed by atoms with Crippen LogP contribution >= 0.6 is 24.0 Å². The molecular formula is C20H28IN5O2. The smallest absolute Gasteiger partial charge is 0.409 e. The van der Waals surface area contributed by atoms with Gasteiger partial charge in [-0.05, 0) is 25.3 Å². The third kappa shape index (κ3) is 5.46. The maximum atomic E-state index is 11.9. The van der Waals surface area contributed by atoms with Crippen molar-refractivity contribution in [3.63, 3.8) is 0 Å². The van der Waals surface area contributed by atoms with Crippen LogP contribution in [0.3, 0.4) is 0 Å². The van der Waals surface area contributed by atoms with Crippen LogP contribution in [-0.2, 0) is 11.3 Å². The summed E-state index contributed by atoms with van der Waals surface area (Å²) in [4.78, 5) is 25.1. The van der Waals surface area contributed by atoms with Gasteiger partial charge in [0.2, 0.25) is 0 Å². The number of nitrogens with zero attached hydrogens (tertiary/aromatic N) is 4. The van der Waals surface area contributed by atoms with Crippen LogP contribution in [-0.4, -0.2) is 66.2 Å². The van der Waals surface area contributed by atoms with Gasteiger partial charge in [0.15, 0.2) is 5.96 Å². The minimum atomic E-state index is -0.237. The van der Waals surface area contributed by atoms with Gasteiger partial charge in [-0.3, -0.25) is 4.98 Å². The normalized spacial score (nSPS) is 14.6. The molecule has 1 aromatic heterocycles. The van der Waals surface area contributed by atoms with Gasteiger partial charge in [-0.1, -0.05) is 24.3 Å². The summed E-state index contributed by atoms with van der Waals surface area (Å²) in [7, 11) is 0. The van der Waals surface area contributed by atoms with E-state index in [9.17, 15) is 4.79 Å². The molecule has 1 saturated heterocycles. The van der Waals surface area contributed by atoms with Gasteiger partial charge < -0.3 is 19.9 Å². The van der Waals surface area contributed by atoms with Crippen LogP contribution in [0.15, 0.2) is 41.5 Å². The van der Waals surface area contributed by atoms with Crippen molar-refractivity contribution in [2.24, 2.45) is 4.99 Å². The summed E-state index contributed by atoms with van der Waals surface area (Å²) in [5.41, 5.74) is 0.966. The Balaban J connectivity index is 0.00000280. The molecule has 7 nitrogen and oxygen atoms in total. The molecule has 1 aliphatic rings. The number of guanidine groups is 1. The van der Waals surface area contributed by atoms with E-state index in [1.165, 1.54) is 5.39 Å². The third-order valence-corrected chi connectivity index (χ3v) is 4.57. The summed E-state index contributed by atoms with van der Waals surface area (Å²) < 4.78 is 5.09. The quantitative estimate of drug-likeness (QED) is 0.400. The number of piperazine rings is 1. The fraction of sp³-hybridized carbons (Fsp3) is 0.450. The summed E-state index contributed by atoms with van der Waals surface area (Å²) in [6.07, 6.45) is 1.59. The lowest BCUT2D eigenvalue weighted by Gasteiger charge is -2.35. The minimum Gasteiger partial charge on any atom is -0.450 e. The Labute approximate surface area is 183 Å². The summed E-state index contributed by atoms with van der Waals surface area (Å²) in [5.74, 6) is 0.857. The van der Waals surface area contributed by atoms with Gasteiger partial charge in [-0.2, -0.15) is 0 Å². The predicted octanol–water partition coefficient (Wildman–Crippen LogP) is 3.09. The van der Waals surface area contributed by atoms with E-state index in [2.05, 4.69) is 34.3 Å². The largest absolute Gasteiger partial charge is 0.450 e. The number of amides is 1. The van der Waals surface area contributed by atoms with E-state index >= 15 is 0 Å². The molecule has 1 fully saturated rings. The van der Waals surface area contributed by atoms with Gasteiger partial charge in [-0.15, -0.1) is 24.0 Å². The van der Waals surface area contributed by atoms with E-state index < -0.39 is 0 Å². The van der Waals surface area contributed by atoms with E-state index in [0.29, 0.717) is 26.2 Å². The van der Waals surface area contributed by atoms with Crippen molar-refractivity contribution >= 4 is 46.8 Å². The van der Waals surface area contributed by atoms with Crippen LogP contribution in [0.2, 0.25) is 0 Å². The molecule has 1 N–H and O–H groups in total. The highest BCUT2D eigenvalue weighted by atomic mass is 127. The molecule has 1 amide bonds. The molecule has 2 aromatic rings. The Kier molecular flexibility index (Phi) is 8.75. The number of hydrogen-bond acceptors (Lipinski definition) is 4. The third-order valence-electron chi connectivity index (χ3n) is 4.57. The first-order valence-electron chi connectivity index (χ1n) is 9.50. The molecule has 0 radical (unpaired) electrons. The second kappa shape index (κ2) is 11.0. The topological polar surface area (TPSA) is 70.1 Å². The highest BCUT2D eigenvalue weighted by molar-refractivity contribution is 14.0. The Hall–Kier alpha value is -2.10. The summed E-state index contributed by atoms with van der Waals surface area (Å²) in [6.45, 7) is 8.32. The molecule has 2 heterocycles. The Bertz CT molecular complexity index is 801. The molecule has 152 valence electrons. The summed E-state index contributed by atoms with van der Waals surface area (Å²) in [5, 5.41) is 5.66. The Morgan fingerprint density at radius 1 is 1.14 bits per heavy atom. The Morgan fingerprint density at radius 3 is 2.57 bits per heavy atom. The van der Waals surface area contributed by atoms with Crippen LogP contribution in [0.1, 0.15) is 19.5 Å². The van der Waals surface area contributed by atoms with Crippen LogP contribution in [0, 0.1) is 0 Å². The lowest BCUT2D eigenvalue weighted by atomic mass is 10.1. The van der Waals surface area contributed by atoms with Crippen molar-refractivity contribution in [1.82, 2.24) is 20.1 Å². The molecular weight excluding hydrogens is 469 g/mol. The fourth-order valence-corrected chi connectivity index (χ4v) is 3.20. The number of hydrogen-bond donors (Lipinski definition) is 1. The number of halogens is 1. The van der Waals surface area contributed by atoms with Gasteiger partial charge in [0.05, 0.1) is 18.8 Å².